The van der Waals surface area contributed by atoms with Crippen molar-refractivity contribution in [2.24, 2.45) is 11.8 Å². The van der Waals surface area contributed by atoms with E-state index in [1.165, 1.54) is 4.90 Å². The van der Waals surface area contributed by atoms with Crippen molar-refractivity contribution in [2.75, 3.05) is 6.54 Å². The van der Waals surface area contributed by atoms with E-state index in [1.807, 2.05) is 85.8 Å². The summed E-state index contributed by atoms with van der Waals surface area (Å²) < 4.78 is 0. The number of imide groups is 1. The zero-order chi connectivity index (χ0) is 27.4. The van der Waals surface area contributed by atoms with Gasteiger partial charge in [0.15, 0.2) is 0 Å². The van der Waals surface area contributed by atoms with Crippen LogP contribution in [0.3, 0.4) is 0 Å². The Balaban J connectivity index is 1.14. The average molecular weight is 562 g/mol. The van der Waals surface area contributed by atoms with Gasteiger partial charge in [0.05, 0.1) is 17.9 Å². The fourth-order valence-corrected chi connectivity index (χ4v) is 7.91. The van der Waals surface area contributed by atoms with Crippen LogP contribution in [0.4, 0.5) is 0 Å². The normalized spacial score (nSPS) is 27.1. The van der Waals surface area contributed by atoms with E-state index < -0.39 is 21.6 Å². The number of halogens is 2. The highest BCUT2D eigenvalue weighted by Gasteiger charge is 2.72. The van der Waals surface area contributed by atoms with Crippen molar-refractivity contribution in [3.63, 3.8) is 0 Å². The van der Waals surface area contributed by atoms with E-state index in [4.69, 9.17) is 23.2 Å². The van der Waals surface area contributed by atoms with Crippen LogP contribution in [0.2, 0.25) is 0 Å². The number of nitrogens with one attached hydrogen (secondary N) is 1. The Morgan fingerprint density at radius 1 is 0.769 bits per heavy atom. The fraction of sp³-hybridized carbons (Fsp3) is 0.344. The molecule has 3 aliphatic carbocycles. The summed E-state index contributed by atoms with van der Waals surface area (Å²) in [6.07, 6.45) is 2.40. The first kappa shape index (κ1) is 26.1. The van der Waals surface area contributed by atoms with Crippen molar-refractivity contribution < 1.29 is 14.4 Å². The molecule has 1 heterocycles. The van der Waals surface area contributed by atoms with Gasteiger partial charge in [-0.05, 0) is 47.6 Å². The summed E-state index contributed by atoms with van der Waals surface area (Å²) in [5.41, 5.74) is 4.28. The first-order valence-corrected chi connectivity index (χ1v) is 14.3. The van der Waals surface area contributed by atoms with Crippen LogP contribution in [0.1, 0.15) is 66.5 Å². The molecule has 7 rings (SSSR count). The van der Waals surface area contributed by atoms with Gasteiger partial charge in [0.1, 0.15) is 9.75 Å². The number of hydrogen-bond acceptors (Lipinski definition) is 3. The average Bonchev–Trinajstić information content (AvgIpc) is 3.22. The van der Waals surface area contributed by atoms with Crippen LogP contribution in [-0.4, -0.2) is 29.2 Å². The Morgan fingerprint density at radius 3 is 1.72 bits per heavy atom. The first-order chi connectivity index (χ1) is 18.8. The second-order valence-electron chi connectivity index (χ2n) is 10.8. The molecular formula is C32H30Cl2N2O3. The molecule has 200 valence electrons. The smallest absolute Gasteiger partial charge is 0.235 e. The molecule has 3 atom stereocenters. The lowest BCUT2D eigenvalue weighted by Gasteiger charge is -2.54. The molecule has 4 aliphatic rings. The van der Waals surface area contributed by atoms with Crippen LogP contribution in [0.25, 0.3) is 0 Å². The lowest BCUT2D eigenvalue weighted by atomic mass is 9.54. The van der Waals surface area contributed by atoms with Crippen LogP contribution in [0.5, 0.6) is 0 Å². The third-order valence-corrected chi connectivity index (χ3v) is 9.92. The minimum atomic E-state index is -1.15. The maximum Gasteiger partial charge on any atom is 0.235 e. The van der Waals surface area contributed by atoms with Crippen molar-refractivity contribution in [3.8, 4) is 0 Å². The number of nitrogens with zero attached hydrogens (tertiary/aromatic N) is 1. The standard InChI is InChI=1S/C32H30Cl2N2O3/c1-20(21-12-4-2-5-13-21)35-26(37)18-6-3-11-19-36-29(38)27-28(30(36)39)32(34)23-15-8-7-14-22(23)31(27,33)24-16-9-10-17-25(24)32/h2,4-5,7-10,12-17,20,27-28H,3,6,11,18-19H2,1H3,(H,35,37)/t20-,27-,28+,31?,32?/m0/s1. The number of amides is 3. The van der Waals surface area contributed by atoms with Crippen molar-refractivity contribution >= 4 is 40.9 Å². The molecule has 2 bridgehead atoms. The van der Waals surface area contributed by atoms with Gasteiger partial charge in [-0.1, -0.05) is 85.3 Å². The van der Waals surface area contributed by atoms with Crippen molar-refractivity contribution in [2.45, 2.75) is 48.4 Å². The monoisotopic (exact) mass is 560 g/mol. The van der Waals surface area contributed by atoms with Gasteiger partial charge in [-0.3, -0.25) is 19.3 Å². The second kappa shape index (κ2) is 9.79. The topological polar surface area (TPSA) is 66.5 Å². The Labute approximate surface area is 238 Å². The van der Waals surface area contributed by atoms with Gasteiger partial charge in [-0.2, -0.15) is 0 Å². The number of rotatable bonds is 8. The van der Waals surface area contributed by atoms with Gasteiger partial charge in [0, 0.05) is 13.0 Å². The van der Waals surface area contributed by atoms with Crippen LogP contribution >= 0.6 is 23.2 Å². The summed E-state index contributed by atoms with van der Waals surface area (Å²) in [5, 5.41) is 3.03. The zero-order valence-electron chi connectivity index (χ0n) is 21.7. The van der Waals surface area contributed by atoms with Gasteiger partial charge in [-0.25, -0.2) is 0 Å². The van der Waals surface area contributed by atoms with Crippen molar-refractivity contribution in [1.82, 2.24) is 10.2 Å². The lowest BCUT2D eigenvalue weighted by Crippen LogP contribution is -2.57. The minimum Gasteiger partial charge on any atom is -0.350 e. The molecule has 3 aromatic rings. The van der Waals surface area contributed by atoms with E-state index in [1.54, 1.807) is 0 Å². The quantitative estimate of drug-likeness (QED) is 0.208. The van der Waals surface area contributed by atoms with Gasteiger partial charge in [0.25, 0.3) is 0 Å². The molecule has 3 aromatic carbocycles. The summed E-state index contributed by atoms with van der Waals surface area (Å²) in [4.78, 5) is 39.2. The van der Waals surface area contributed by atoms with Crippen LogP contribution in [0.15, 0.2) is 78.9 Å². The van der Waals surface area contributed by atoms with Gasteiger partial charge in [-0.15, -0.1) is 23.2 Å². The van der Waals surface area contributed by atoms with Gasteiger partial charge >= 0.3 is 0 Å². The Morgan fingerprint density at radius 2 is 1.23 bits per heavy atom. The maximum atomic E-state index is 13.8. The first-order valence-electron chi connectivity index (χ1n) is 13.6. The number of carbonyl (C=O) groups excluding carboxylic acids is 3. The summed E-state index contributed by atoms with van der Waals surface area (Å²) in [6, 6.07) is 25.1. The minimum absolute atomic E-state index is 0.00837. The van der Waals surface area contributed by atoms with Crippen LogP contribution in [-0.2, 0) is 24.1 Å². The van der Waals surface area contributed by atoms with Crippen LogP contribution in [0, 0.1) is 11.8 Å². The molecule has 1 aliphatic heterocycles. The number of unbranched alkanes of at least 4 members (excludes halogenated alkanes) is 2. The molecule has 0 aromatic heterocycles. The van der Waals surface area contributed by atoms with E-state index in [0.717, 1.165) is 34.2 Å². The summed E-state index contributed by atoms with van der Waals surface area (Å²) in [7, 11) is 0. The highest BCUT2D eigenvalue weighted by atomic mass is 35.5. The highest BCUT2D eigenvalue weighted by Crippen LogP contribution is 2.69. The summed E-state index contributed by atoms with van der Waals surface area (Å²) in [5.74, 6) is -2.06. The number of alkyl halides is 2. The Kier molecular flexibility index (Phi) is 6.55. The van der Waals surface area contributed by atoms with E-state index >= 15 is 0 Å². The van der Waals surface area contributed by atoms with E-state index in [-0.39, 0.29) is 23.8 Å². The largest absolute Gasteiger partial charge is 0.350 e. The van der Waals surface area contributed by atoms with E-state index in [2.05, 4.69) is 5.32 Å². The number of likely N-dealkylation sites (tertiary alicyclic amines) is 1. The predicted octanol–water partition coefficient (Wildman–Crippen LogP) is 6.02. The second-order valence-corrected chi connectivity index (χ2v) is 12.0. The van der Waals surface area contributed by atoms with Gasteiger partial charge in [0.2, 0.25) is 17.7 Å². The number of hydrogen-bond donors (Lipinski definition) is 1. The zero-order valence-corrected chi connectivity index (χ0v) is 23.2. The van der Waals surface area contributed by atoms with E-state index in [0.29, 0.717) is 25.8 Å². The predicted molar refractivity (Wildman–Crippen MR) is 151 cm³/mol. The third kappa shape index (κ3) is 3.85. The van der Waals surface area contributed by atoms with E-state index in [9.17, 15) is 14.4 Å². The molecule has 39 heavy (non-hydrogen) atoms. The molecule has 7 heteroatoms. The molecule has 0 saturated carbocycles. The van der Waals surface area contributed by atoms with Crippen LogP contribution < -0.4 is 5.32 Å². The maximum absolute atomic E-state index is 13.8. The fourth-order valence-electron chi connectivity index (χ4n) is 6.82. The molecule has 0 spiro atoms. The SMILES string of the molecule is C[C@H](NC(=O)CCCCCN1C(=O)[C@@H]2[C@H](C1=O)C1(Cl)c3ccccc3C2(Cl)c2ccccc21)c1ccccc1. The molecular weight excluding hydrogens is 531 g/mol. The lowest BCUT2D eigenvalue weighted by molar-refractivity contribution is -0.140. The molecule has 1 saturated heterocycles. The molecule has 0 unspecified atom stereocenters. The summed E-state index contributed by atoms with van der Waals surface area (Å²) in [6.45, 7) is 2.26. The molecule has 3 amide bonds. The van der Waals surface area contributed by atoms with Crippen molar-refractivity contribution in [3.05, 3.63) is 107 Å². The summed E-state index contributed by atoms with van der Waals surface area (Å²) >= 11 is 14.9. The molecule has 5 nitrogen and oxygen atoms in total. The molecule has 0 radical (unpaired) electrons. The molecule has 1 fully saturated rings. The molecule has 1 N–H and O–H groups in total. The third-order valence-electron chi connectivity index (χ3n) is 8.64. The highest BCUT2D eigenvalue weighted by molar-refractivity contribution is 6.36. The Bertz CT molecular complexity index is 1340. The number of carbonyl (C=O) groups is 3. The van der Waals surface area contributed by atoms with Gasteiger partial charge < -0.3 is 5.32 Å². The van der Waals surface area contributed by atoms with Crippen molar-refractivity contribution in [1.29, 1.82) is 0 Å². The number of benzene rings is 3. The Hall–Kier alpha value is -3.15.